The molecule has 1 amide bonds. The largest absolute Gasteiger partial charge is 0.480 e. The lowest BCUT2D eigenvalue weighted by molar-refractivity contribution is -0.148. The van der Waals surface area contributed by atoms with Gasteiger partial charge in [-0.25, -0.2) is 4.79 Å². The van der Waals surface area contributed by atoms with Gasteiger partial charge in [-0.1, -0.05) is 23.7 Å². The van der Waals surface area contributed by atoms with Crippen molar-refractivity contribution in [2.75, 3.05) is 12.3 Å². The Morgan fingerprint density at radius 3 is 2.85 bits per heavy atom. The topological polar surface area (TPSA) is 57.6 Å². The summed E-state index contributed by atoms with van der Waals surface area (Å²) in [4.78, 5) is 25.5. The maximum Gasteiger partial charge on any atom is 0.326 e. The number of hydrogen-bond donors (Lipinski definition) is 1. The predicted octanol–water partition coefficient (Wildman–Crippen LogP) is 2.90. The minimum absolute atomic E-state index is 0.0885. The number of carbonyl (C=O) groups is 2. The van der Waals surface area contributed by atoms with Crippen LogP contribution >= 0.6 is 23.4 Å². The molecule has 4 nitrogen and oxygen atoms in total. The number of rotatable bonds is 5. The summed E-state index contributed by atoms with van der Waals surface area (Å²) in [6.07, 6.45) is 1.65. The number of halogens is 1. The van der Waals surface area contributed by atoms with Crippen molar-refractivity contribution in [3.8, 4) is 0 Å². The molecule has 1 heterocycles. The molecule has 0 radical (unpaired) electrons. The zero-order chi connectivity index (χ0) is 14.5. The zero-order valence-electron chi connectivity index (χ0n) is 10.9. The molecule has 0 bridgehead atoms. The smallest absolute Gasteiger partial charge is 0.326 e. The first-order valence-corrected chi connectivity index (χ1v) is 7.85. The first kappa shape index (κ1) is 15.2. The second kappa shape index (κ2) is 6.99. The van der Waals surface area contributed by atoms with E-state index in [1.54, 1.807) is 0 Å². The van der Waals surface area contributed by atoms with Gasteiger partial charge in [0.25, 0.3) is 0 Å². The van der Waals surface area contributed by atoms with E-state index in [1.807, 2.05) is 24.3 Å². The third-order valence-corrected chi connectivity index (χ3v) is 4.79. The van der Waals surface area contributed by atoms with Crippen LogP contribution in [0.15, 0.2) is 29.2 Å². The fourth-order valence-corrected chi connectivity index (χ4v) is 3.45. The number of benzene rings is 1. The molecule has 1 aromatic rings. The van der Waals surface area contributed by atoms with Crippen LogP contribution in [0, 0.1) is 0 Å². The van der Waals surface area contributed by atoms with Gasteiger partial charge in [-0.05, 0) is 25.0 Å². The van der Waals surface area contributed by atoms with Gasteiger partial charge in [0.05, 0.1) is 5.02 Å². The van der Waals surface area contributed by atoms with Gasteiger partial charge in [0, 0.05) is 23.6 Å². The SMILES string of the molecule is O=C(O)[C@H]1CCCN1C(=O)CCSc1ccccc1Cl. The zero-order valence-corrected chi connectivity index (χ0v) is 12.5. The summed E-state index contributed by atoms with van der Waals surface area (Å²) >= 11 is 7.55. The van der Waals surface area contributed by atoms with Gasteiger partial charge >= 0.3 is 5.97 Å². The standard InChI is InChI=1S/C14H16ClNO3S/c15-10-4-1-2-6-12(10)20-9-7-13(17)16-8-3-5-11(16)14(18)19/h1-2,4,6,11H,3,5,7-9H2,(H,18,19)/t11-/m1/s1. The molecular weight excluding hydrogens is 298 g/mol. The van der Waals surface area contributed by atoms with Gasteiger partial charge < -0.3 is 10.0 Å². The van der Waals surface area contributed by atoms with Crippen LogP contribution in [0.1, 0.15) is 19.3 Å². The number of carboxylic acids is 1. The van der Waals surface area contributed by atoms with Gasteiger partial charge in [-0.15, -0.1) is 11.8 Å². The first-order chi connectivity index (χ1) is 9.59. The molecule has 1 atom stereocenters. The Balaban J connectivity index is 1.84. The maximum atomic E-state index is 12.1. The van der Waals surface area contributed by atoms with Crippen molar-refractivity contribution >= 4 is 35.2 Å². The Morgan fingerprint density at radius 2 is 2.15 bits per heavy atom. The van der Waals surface area contributed by atoms with Crippen molar-refractivity contribution in [3.63, 3.8) is 0 Å². The van der Waals surface area contributed by atoms with Crippen molar-refractivity contribution in [1.82, 2.24) is 4.90 Å². The summed E-state index contributed by atoms with van der Waals surface area (Å²) in [5, 5.41) is 9.73. The fraction of sp³-hybridized carbons (Fsp3) is 0.429. The molecule has 0 spiro atoms. The van der Waals surface area contributed by atoms with Crippen LogP contribution in [0.2, 0.25) is 5.02 Å². The van der Waals surface area contributed by atoms with Crippen LogP contribution < -0.4 is 0 Å². The third-order valence-electron chi connectivity index (χ3n) is 3.27. The van der Waals surface area contributed by atoms with E-state index in [0.717, 1.165) is 11.3 Å². The molecule has 20 heavy (non-hydrogen) atoms. The monoisotopic (exact) mass is 313 g/mol. The normalized spacial score (nSPS) is 18.2. The van der Waals surface area contributed by atoms with E-state index in [2.05, 4.69) is 0 Å². The minimum Gasteiger partial charge on any atom is -0.480 e. The second-order valence-electron chi connectivity index (χ2n) is 4.61. The molecular formula is C14H16ClNO3S. The number of aliphatic carboxylic acids is 1. The van der Waals surface area contributed by atoms with E-state index in [1.165, 1.54) is 16.7 Å². The quantitative estimate of drug-likeness (QED) is 0.849. The summed E-state index contributed by atoms with van der Waals surface area (Å²) < 4.78 is 0. The van der Waals surface area contributed by atoms with Crippen LogP contribution in [0.5, 0.6) is 0 Å². The molecule has 108 valence electrons. The van der Waals surface area contributed by atoms with E-state index in [0.29, 0.717) is 30.2 Å². The van der Waals surface area contributed by atoms with E-state index in [9.17, 15) is 9.59 Å². The third kappa shape index (κ3) is 3.67. The molecule has 1 saturated heterocycles. The Labute approximate surface area is 127 Å². The highest BCUT2D eigenvalue weighted by molar-refractivity contribution is 7.99. The van der Waals surface area contributed by atoms with E-state index >= 15 is 0 Å². The highest BCUT2D eigenvalue weighted by atomic mass is 35.5. The molecule has 0 aliphatic carbocycles. The number of amides is 1. The van der Waals surface area contributed by atoms with Crippen LogP contribution in [0.3, 0.4) is 0 Å². The van der Waals surface area contributed by atoms with Crippen LogP contribution in [-0.4, -0.2) is 40.2 Å². The van der Waals surface area contributed by atoms with Crippen LogP contribution in [0.25, 0.3) is 0 Å². The number of likely N-dealkylation sites (tertiary alicyclic amines) is 1. The molecule has 2 rings (SSSR count). The van der Waals surface area contributed by atoms with Gasteiger partial charge in [-0.2, -0.15) is 0 Å². The van der Waals surface area contributed by atoms with Crippen molar-refractivity contribution < 1.29 is 14.7 Å². The highest BCUT2D eigenvalue weighted by Gasteiger charge is 2.33. The average Bonchev–Trinajstić information content (AvgIpc) is 2.90. The number of carboxylic acid groups (broad SMARTS) is 1. The number of hydrogen-bond acceptors (Lipinski definition) is 3. The Bertz CT molecular complexity index is 509. The molecule has 1 N–H and O–H groups in total. The van der Waals surface area contributed by atoms with E-state index < -0.39 is 12.0 Å². The van der Waals surface area contributed by atoms with Gasteiger partial charge in [0.2, 0.25) is 5.91 Å². The summed E-state index contributed by atoms with van der Waals surface area (Å²) in [5.74, 6) is -0.394. The van der Waals surface area contributed by atoms with Crippen LogP contribution in [-0.2, 0) is 9.59 Å². The molecule has 6 heteroatoms. The molecule has 1 fully saturated rings. The number of carbonyl (C=O) groups excluding carboxylic acids is 1. The maximum absolute atomic E-state index is 12.1. The highest BCUT2D eigenvalue weighted by Crippen LogP contribution is 2.27. The van der Waals surface area contributed by atoms with Crippen molar-refractivity contribution in [3.05, 3.63) is 29.3 Å². The lowest BCUT2D eigenvalue weighted by Crippen LogP contribution is -2.40. The van der Waals surface area contributed by atoms with Gasteiger partial charge in [0.15, 0.2) is 0 Å². The first-order valence-electron chi connectivity index (χ1n) is 6.49. The Morgan fingerprint density at radius 1 is 1.40 bits per heavy atom. The van der Waals surface area contributed by atoms with Crippen molar-refractivity contribution in [2.24, 2.45) is 0 Å². The van der Waals surface area contributed by atoms with Crippen molar-refractivity contribution in [1.29, 1.82) is 0 Å². The molecule has 0 aromatic heterocycles. The van der Waals surface area contributed by atoms with Crippen LogP contribution in [0.4, 0.5) is 0 Å². The minimum atomic E-state index is -0.908. The van der Waals surface area contributed by atoms with Crippen molar-refractivity contribution in [2.45, 2.75) is 30.2 Å². The lowest BCUT2D eigenvalue weighted by Gasteiger charge is -2.21. The molecule has 1 aliphatic rings. The summed E-state index contributed by atoms with van der Waals surface area (Å²) in [6, 6.07) is 6.84. The lowest BCUT2D eigenvalue weighted by atomic mass is 10.2. The van der Waals surface area contributed by atoms with E-state index in [-0.39, 0.29) is 5.91 Å². The summed E-state index contributed by atoms with van der Waals surface area (Å²) in [6.45, 7) is 0.548. The van der Waals surface area contributed by atoms with Gasteiger partial charge in [0.1, 0.15) is 6.04 Å². The molecule has 1 aromatic carbocycles. The molecule has 0 unspecified atom stereocenters. The Hall–Kier alpha value is -1.20. The molecule has 0 saturated carbocycles. The average molecular weight is 314 g/mol. The summed E-state index contributed by atoms with van der Waals surface area (Å²) in [5.41, 5.74) is 0. The predicted molar refractivity (Wildman–Crippen MR) is 79.2 cm³/mol. The Kier molecular flexibility index (Phi) is 5.31. The van der Waals surface area contributed by atoms with Gasteiger partial charge in [-0.3, -0.25) is 4.79 Å². The second-order valence-corrected chi connectivity index (χ2v) is 6.16. The van der Waals surface area contributed by atoms with E-state index in [4.69, 9.17) is 16.7 Å². The molecule has 1 aliphatic heterocycles. The number of thioether (sulfide) groups is 1. The fourth-order valence-electron chi connectivity index (χ4n) is 2.28. The number of nitrogens with zero attached hydrogens (tertiary/aromatic N) is 1. The summed E-state index contributed by atoms with van der Waals surface area (Å²) in [7, 11) is 0.